The average Bonchev–Trinajstić information content (AvgIpc) is 2.39. The molecule has 19 heavy (non-hydrogen) atoms. The molecule has 0 aliphatic carbocycles. The third-order valence-electron chi connectivity index (χ3n) is 3.34. The number of hydrogen-bond donors (Lipinski definition) is 1. The Morgan fingerprint density at radius 1 is 1.32 bits per heavy atom. The fourth-order valence-electron chi connectivity index (χ4n) is 2.50. The van der Waals surface area contributed by atoms with Crippen molar-refractivity contribution in [1.82, 2.24) is 5.32 Å². The molecule has 4 heteroatoms. The van der Waals surface area contributed by atoms with E-state index in [1.165, 1.54) is 12.8 Å². The van der Waals surface area contributed by atoms with Crippen LogP contribution in [0.25, 0.3) is 0 Å². The molecule has 0 amide bonds. The number of benzene rings is 1. The van der Waals surface area contributed by atoms with Crippen LogP contribution in [0.3, 0.4) is 0 Å². The summed E-state index contributed by atoms with van der Waals surface area (Å²) in [6.07, 6.45) is 3.61. The van der Waals surface area contributed by atoms with Crippen molar-refractivity contribution in [3.63, 3.8) is 0 Å². The maximum atomic E-state index is 6.40. The minimum atomic E-state index is 0.0923. The zero-order valence-electron chi connectivity index (χ0n) is 11.8. The molecular formula is C15H22ClNO2. The highest BCUT2D eigenvalue weighted by Gasteiger charge is 2.24. The highest BCUT2D eigenvalue weighted by Crippen LogP contribution is 2.42. The van der Waals surface area contributed by atoms with E-state index in [9.17, 15) is 0 Å². The fourth-order valence-corrected chi connectivity index (χ4v) is 2.78. The largest absolute Gasteiger partial charge is 0.493 e. The van der Waals surface area contributed by atoms with E-state index in [-0.39, 0.29) is 12.1 Å². The second kappa shape index (κ2) is 6.49. The molecule has 1 unspecified atom stereocenters. The molecule has 1 saturated heterocycles. The highest BCUT2D eigenvalue weighted by atomic mass is 35.5. The molecule has 3 nitrogen and oxygen atoms in total. The van der Waals surface area contributed by atoms with Crippen LogP contribution in [0.4, 0.5) is 0 Å². The first-order valence-corrected chi connectivity index (χ1v) is 7.27. The predicted molar refractivity (Wildman–Crippen MR) is 78.4 cm³/mol. The van der Waals surface area contributed by atoms with Crippen LogP contribution >= 0.6 is 11.6 Å². The van der Waals surface area contributed by atoms with Gasteiger partial charge in [0.15, 0.2) is 11.5 Å². The van der Waals surface area contributed by atoms with Crippen LogP contribution in [0.15, 0.2) is 12.1 Å². The van der Waals surface area contributed by atoms with Crippen molar-refractivity contribution in [1.29, 1.82) is 0 Å². The molecule has 0 spiro atoms. The SMILES string of the molecule is COc1ccc(Cl)c(C2CCCCN2)c1OC(C)C. The van der Waals surface area contributed by atoms with E-state index in [4.69, 9.17) is 21.1 Å². The first-order valence-electron chi connectivity index (χ1n) is 6.90. The topological polar surface area (TPSA) is 30.5 Å². The van der Waals surface area contributed by atoms with Crippen molar-refractivity contribution in [2.75, 3.05) is 13.7 Å². The van der Waals surface area contributed by atoms with Crippen molar-refractivity contribution in [2.45, 2.75) is 45.3 Å². The molecule has 1 aliphatic rings. The summed E-state index contributed by atoms with van der Waals surface area (Å²) < 4.78 is 11.4. The van der Waals surface area contributed by atoms with Crippen molar-refractivity contribution >= 4 is 11.6 Å². The number of rotatable bonds is 4. The van der Waals surface area contributed by atoms with Gasteiger partial charge in [-0.05, 0) is 45.4 Å². The molecule has 106 valence electrons. The Labute approximate surface area is 120 Å². The van der Waals surface area contributed by atoms with Gasteiger partial charge in [0, 0.05) is 16.6 Å². The lowest BCUT2D eigenvalue weighted by atomic mass is 9.96. The van der Waals surface area contributed by atoms with Gasteiger partial charge in [-0.1, -0.05) is 18.0 Å². The number of piperidine rings is 1. The normalized spacial score (nSPS) is 19.5. The molecule has 2 rings (SSSR count). The van der Waals surface area contributed by atoms with Gasteiger partial charge in [0.25, 0.3) is 0 Å². The summed E-state index contributed by atoms with van der Waals surface area (Å²) in [7, 11) is 1.66. The lowest BCUT2D eigenvalue weighted by Gasteiger charge is -2.28. The van der Waals surface area contributed by atoms with E-state index in [2.05, 4.69) is 5.32 Å². The molecular weight excluding hydrogens is 262 g/mol. The highest BCUT2D eigenvalue weighted by molar-refractivity contribution is 6.31. The summed E-state index contributed by atoms with van der Waals surface area (Å²) >= 11 is 6.40. The Kier molecular flexibility index (Phi) is 4.94. The van der Waals surface area contributed by atoms with Crippen LogP contribution in [0.5, 0.6) is 11.5 Å². The van der Waals surface area contributed by atoms with Crippen LogP contribution in [0.1, 0.15) is 44.7 Å². The van der Waals surface area contributed by atoms with Gasteiger partial charge < -0.3 is 14.8 Å². The average molecular weight is 284 g/mol. The Balaban J connectivity index is 2.42. The molecule has 1 atom stereocenters. The molecule has 0 radical (unpaired) electrons. The zero-order valence-corrected chi connectivity index (χ0v) is 12.6. The quantitative estimate of drug-likeness (QED) is 0.907. The van der Waals surface area contributed by atoms with Gasteiger partial charge in [-0.3, -0.25) is 0 Å². The summed E-state index contributed by atoms with van der Waals surface area (Å²) in [6.45, 7) is 5.05. The van der Waals surface area contributed by atoms with E-state index in [1.807, 2.05) is 26.0 Å². The Bertz CT molecular complexity index is 428. The van der Waals surface area contributed by atoms with Gasteiger partial charge in [-0.15, -0.1) is 0 Å². The minimum absolute atomic E-state index is 0.0923. The number of methoxy groups -OCH3 is 1. The number of nitrogens with one attached hydrogen (secondary N) is 1. The van der Waals surface area contributed by atoms with Gasteiger partial charge in [-0.2, -0.15) is 0 Å². The van der Waals surface area contributed by atoms with Crippen LogP contribution in [-0.2, 0) is 0 Å². The molecule has 0 saturated carbocycles. The fraction of sp³-hybridized carbons (Fsp3) is 0.600. The first kappa shape index (κ1) is 14.5. The molecule has 1 heterocycles. The van der Waals surface area contributed by atoms with Crippen molar-refractivity contribution in [2.24, 2.45) is 0 Å². The number of hydrogen-bond acceptors (Lipinski definition) is 3. The Hall–Kier alpha value is -0.930. The van der Waals surface area contributed by atoms with Crippen LogP contribution in [0, 0.1) is 0 Å². The molecule has 1 aromatic rings. The molecule has 1 fully saturated rings. The lowest BCUT2D eigenvalue weighted by Crippen LogP contribution is -2.28. The summed E-state index contributed by atoms with van der Waals surface area (Å²) in [5.41, 5.74) is 1.04. The Morgan fingerprint density at radius 3 is 2.68 bits per heavy atom. The van der Waals surface area contributed by atoms with Gasteiger partial charge in [0.1, 0.15) is 0 Å². The third-order valence-corrected chi connectivity index (χ3v) is 3.67. The van der Waals surface area contributed by atoms with Gasteiger partial charge in [0.05, 0.1) is 13.2 Å². The van der Waals surface area contributed by atoms with Gasteiger partial charge in [0.2, 0.25) is 0 Å². The zero-order chi connectivity index (χ0) is 13.8. The van der Waals surface area contributed by atoms with E-state index in [0.29, 0.717) is 0 Å². The summed E-state index contributed by atoms with van der Waals surface area (Å²) in [5, 5.41) is 4.27. The maximum Gasteiger partial charge on any atom is 0.167 e. The van der Waals surface area contributed by atoms with Crippen molar-refractivity contribution in [3.05, 3.63) is 22.7 Å². The van der Waals surface area contributed by atoms with Crippen LogP contribution < -0.4 is 14.8 Å². The Morgan fingerprint density at radius 2 is 2.11 bits per heavy atom. The third kappa shape index (κ3) is 3.34. The second-order valence-corrected chi connectivity index (χ2v) is 5.57. The summed E-state index contributed by atoms with van der Waals surface area (Å²) in [6, 6.07) is 4.01. The predicted octanol–water partition coefficient (Wildman–Crippen LogP) is 3.95. The molecule has 1 N–H and O–H groups in total. The van der Waals surface area contributed by atoms with E-state index >= 15 is 0 Å². The van der Waals surface area contributed by atoms with Crippen LogP contribution in [0.2, 0.25) is 5.02 Å². The summed E-state index contributed by atoms with van der Waals surface area (Å²) in [5.74, 6) is 1.53. The smallest absolute Gasteiger partial charge is 0.167 e. The monoisotopic (exact) mass is 283 g/mol. The van der Waals surface area contributed by atoms with Crippen molar-refractivity contribution in [3.8, 4) is 11.5 Å². The van der Waals surface area contributed by atoms with E-state index in [1.54, 1.807) is 7.11 Å². The minimum Gasteiger partial charge on any atom is -0.493 e. The number of halogens is 1. The van der Waals surface area contributed by atoms with Crippen molar-refractivity contribution < 1.29 is 9.47 Å². The van der Waals surface area contributed by atoms with Gasteiger partial charge in [-0.25, -0.2) is 0 Å². The lowest BCUT2D eigenvalue weighted by molar-refractivity contribution is 0.224. The summed E-state index contributed by atoms with van der Waals surface area (Å²) in [4.78, 5) is 0. The molecule has 0 aromatic heterocycles. The molecule has 1 aromatic carbocycles. The first-order chi connectivity index (χ1) is 9.13. The standard InChI is InChI=1S/C15H22ClNO2/c1-10(2)19-15-13(18-3)8-7-11(16)14(15)12-6-4-5-9-17-12/h7-8,10,12,17H,4-6,9H2,1-3H3. The molecule has 0 bridgehead atoms. The van der Waals surface area contributed by atoms with Gasteiger partial charge >= 0.3 is 0 Å². The maximum absolute atomic E-state index is 6.40. The molecule has 1 aliphatic heterocycles. The number of ether oxygens (including phenoxy) is 2. The second-order valence-electron chi connectivity index (χ2n) is 5.16. The van der Waals surface area contributed by atoms with Crippen LogP contribution in [-0.4, -0.2) is 19.8 Å². The van der Waals surface area contributed by atoms with E-state index in [0.717, 1.165) is 35.1 Å². The van der Waals surface area contributed by atoms with E-state index < -0.39 is 0 Å².